The van der Waals surface area contributed by atoms with Crippen LogP contribution in [-0.4, -0.2) is 29.5 Å². The van der Waals surface area contributed by atoms with Gasteiger partial charge in [-0.3, -0.25) is 9.88 Å². The molecule has 1 fully saturated rings. The molecule has 2 aromatic rings. The van der Waals surface area contributed by atoms with Gasteiger partial charge in [-0.15, -0.1) is 0 Å². The molecule has 1 atom stereocenters. The molecule has 1 unspecified atom stereocenters. The summed E-state index contributed by atoms with van der Waals surface area (Å²) in [6, 6.07) is 11.2. The number of rotatable bonds is 5. The van der Waals surface area contributed by atoms with Gasteiger partial charge in [0.15, 0.2) is 0 Å². The summed E-state index contributed by atoms with van der Waals surface area (Å²) < 4.78 is 0. The van der Waals surface area contributed by atoms with E-state index in [4.69, 9.17) is 5.73 Å². The van der Waals surface area contributed by atoms with Crippen molar-refractivity contribution in [1.82, 2.24) is 9.88 Å². The Morgan fingerprint density at radius 1 is 1.37 bits per heavy atom. The van der Waals surface area contributed by atoms with Crippen molar-refractivity contribution in [3.8, 4) is 0 Å². The number of likely N-dealkylation sites (N-methyl/N-ethyl adjacent to an activating group) is 1. The van der Waals surface area contributed by atoms with Crippen LogP contribution in [0.3, 0.4) is 0 Å². The Kier molecular flexibility index (Phi) is 3.49. The number of aromatic nitrogens is 1. The van der Waals surface area contributed by atoms with Crippen LogP contribution in [0.2, 0.25) is 0 Å². The minimum absolute atomic E-state index is 0.532. The van der Waals surface area contributed by atoms with Crippen molar-refractivity contribution >= 4 is 10.9 Å². The highest BCUT2D eigenvalue weighted by molar-refractivity contribution is 5.78. The van der Waals surface area contributed by atoms with Gasteiger partial charge in [0.05, 0.1) is 5.52 Å². The standard InChI is InChI=1S/C16H21N3/c1-19(16(10-17)13-5-6-13)11-12-4-7-15-14(9-12)3-2-8-18-15/h2-4,7-9,13,16H,5-6,10-11,17H2,1H3. The molecule has 1 aromatic heterocycles. The van der Waals surface area contributed by atoms with E-state index in [-0.39, 0.29) is 0 Å². The quantitative estimate of drug-likeness (QED) is 0.892. The predicted molar refractivity (Wildman–Crippen MR) is 78.8 cm³/mol. The van der Waals surface area contributed by atoms with E-state index in [9.17, 15) is 0 Å². The lowest BCUT2D eigenvalue weighted by atomic mass is 10.1. The molecule has 0 saturated heterocycles. The van der Waals surface area contributed by atoms with Gasteiger partial charge >= 0.3 is 0 Å². The van der Waals surface area contributed by atoms with E-state index in [1.807, 2.05) is 12.3 Å². The van der Waals surface area contributed by atoms with Gasteiger partial charge in [0, 0.05) is 30.7 Å². The first kappa shape index (κ1) is 12.6. The van der Waals surface area contributed by atoms with Crippen LogP contribution < -0.4 is 5.73 Å². The number of benzene rings is 1. The van der Waals surface area contributed by atoms with Crippen molar-refractivity contribution in [3.05, 3.63) is 42.1 Å². The summed E-state index contributed by atoms with van der Waals surface area (Å²) in [6.45, 7) is 1.72. The lowest BCUT2D eigenvalue weighted by molar-refractivity contribution is 0.215. The summed E-state index contributed by atoms with van der Waals surface area (Å²) in [5, 5.41) is 1.21. The molecule has 3 rings (SSSR count). The first-order valence-corrected chi connectivity index (χ1v) is 7.02. The van der Waals surface area contributed by atoms with Crippen LogP contribution in [0.4, 0.5) is 0 Å². The molecule has 0 aliphatic heterocycles. The fourth-order valence-electron chi connectivity index (χ4n) is 2.84. The Labute approximate surface area is 114 Å². The van der Waals surface area contributed by atoms with E-state index in [1.165, 1.54) is 23.8 Å². The second kappa shape index (κ2) is 5.27. The lowest BCUT2D eigenvalue weighted by Crippen LogP contribution is -2.39. The maximum Gasteiger partial charge on any atom is 0.0702 e. The van der Waals surface area contributed by atoms with E-state index in [1.54, 1.807) is 0 Å². The summed E-state index contributed by atoms with van der Waals surface area (Å²) in [6.07, 6.45) is 4.52. The third-order valence-corrected chi connectivity index (χ3v) is 4.07. The van der Waals surface area contributed by atoms with Crippen molar-refractivity contribution in [1.29, 1.82) is 0 Å². The van der Waals surface area contributed by atoms with Crippen molar-refractivity contribution < 1.29 is 0 Å². The molecule has 1 heterocycles. The molecule has 3 heteroatoms. The second-order valence-electron chi connectivity index (χ2n) is 5.59. The predicted octanol–water partition coefficient (Wildman–Crippen LogP) is 2.40. The van der Waals surface area contributed by atoms with Crippen LogP contribution in [0.15, 0.2) is 36.5 Å². The Morgan fingerprint density at radius 3 is 2.95 bits per heavy atom. The Balaban J connectivity index is 1.76. The second-order valence-corrected chi connectivity index (χ2v) is 5.59. The smallest absolute Gasteiger partial charge is 0.0702 e. The third-order valence-electron chi connectivity index (χ3n) is 4.07. The zero-order valence-electron chi connectivity index (χ0n) is 11.4. The van der Waals surface area contributed by atoms with Crippen LogP contribution in [0.1, 0.15) is 18.4 Å². The highest BCUT2D eigenvalue weighted by Gasteiger charge is 2.32. The van der Waals surface area contributed by atoms with Gasteiger partial charge in [-0.05, 0) is 49.6 Å². The SMILES string of the molecule is CN(Cc1ccc2ncccc2c1)C(CN)C1CC1. The van der Waals surface area contributed by atoms with E-state index in [0.29, 0.717) is 6.04 Å². The maximum absolute atomic E-state index is 5.91. The van der Waals surface area contributed by atoms with Gasteiger partial charge in [-0.2, -0.15) is 0 Å². The molecule has 0 spiro atoms. The molecule has 1 aliphatic rings. The summed E-state index contributed by atoms with van der Waals surface area (Å²) >= 11 is 0. The van der Waals surface area contributed by atoms with Crippen LogP contribution in [0.25, 0.3) is 10.9 Å². The molecule has 1 aromatic carbocycles. The largest absolute Gasteiger partial charge is 0.329 e. The topological polar surface area (TPSA) is 42.2 Å². The Morgan fingerprint density at radius 2 is 2.21 bits per heavy atom. The molecule has 0 amide bonds. The number of hydrogen-bond donors (Lipinski definition) is 1. The van der Waals surface area contributed by atoms with Gasteiger partial charge in [-0.25, -0.2) is 0 Å². The molecule has 1 aliphatic carbocycles. The molecule has 19 heavy (non-hydrogen) atoms. The summed E-state index contributed by atoms with van der Waals surface area (Å²) in [7, 11) is 2.18. The van der Waals surface area contributed by atoms with E-state index >= 15 is 0 Å². The molecule has 3 nitrogen and oxygen atoms in total. The van der Waals surface area contributed by atoms with E-state index in [2.05, 4.69) is 41.2 Å². The molecule has 2 N–H and O–H groups in total. The first-order chi connectivity index (χ1) is 9.28. The number of nitrogens with two attached hydrogens (primary N) is 1. The van der Waals surface area contributed by atoms with E-state index < -0.39 is 0 Å². The number of hydrogen-bond acceptors (Lipinski definition) is 3. The number of nitrogens with zero attached hydrogens (tertiary/aromatic N) is 2. The van der Waals surface area contributed by atoms with Crippen molar-refractivity contribution in [3.63, 3.8) is 0 Å². The normalized spacial score (nSPS) is 17.0. The molecule has 0 bridgehead atoms. The fourth-order valence-corrected chi connectivity index (χ4v) is 2.84. The van der Waals surface area contributed by atoms with Crippen LogP contribution in [0.5, 0.6) is 0 Å². The van der Waals surface area contributed by atoms with E-state index in [0.717, 1.165) is 24.5 Å². The summed E-state index contributed by atoms with van der Waals surface area (Å²) in [5.74, 6) is 0.817. The van der Waals surface area contributed by atoms with Crippen molar-refractivity contribution in [2.24, 2.45) is 11.7 Å². The van der Waals surface area contributed by atoms with Crippen molar-refractivity contribution in [2.75, 3.05) is 13.6 Å². The molecular formula is C16H21N3. The zero-order valence-corrected chi connectivity index (χ0v) is 11.4. The average Bonchev–Trinajstić information content (AvgIpc) is 3.24. The van der Waals surface area contributed by atoms with Gasteiger partial charge in [0.1, 0.15) is 0 Å². The minimum atomic E-state index is 0.532. The third kappa shape index (κ3) is 2.77. The number of pyridine rings is 1. The highest BCUT2D eigenvalue weighted by Crippen LogP contribution is 2.35. The fraction of sp³-hybridized carbons (Fsp3) is 0.438. The Bertz CT molecular complexity index is 563. The number of fused-ring (bicyclic) bond motifs is 1. The summed E-state index contributed by atoms with van der Waals surface area (Å²) in [4.78, 5) is 6.76. The Hall–Kier alpha value is -1.45. The van der Waals surface area contributed by atoms with Crippen LogP contribution in [-0.2, 0) is 6.54 Å². The van der Waals surface area contributed by atoms with Crippen molar-refractivity contribution in [2.45, 2.75) is 25.4 Å². The van der Waals surface area contributed by atoms with Crippen LogP contribution >= 0.6 is 0 Å². The maximum atomic E-state index is 5.91. The minimum Gasteiger partial charge on any atom is -0.329 e. The molecule has 1 saturated carbocycles. The average molecular weight is 255 g/mol. The van der Waals surface area contributed by atoms with Gasteiger partial charge in [0.2, 0.25) is 0 Å². The first-order valence-electron chi connectivity index (χ1n) is 7.02. The zero-order chi connectivity index (χ0) is 13.2. The van der Waals surface area contributed by atoms with Gasteiger partial charge in [-0.1, -0.05) is 12.1 Å². The highest BCUT2D eigenvalue weighted by atomic mass is 15.1. The molecular weight excluding hydrogens is 234 g/mol. The van der Waals surface area contributed by atoms with Gasteiger partial charge < -0.3 is 5.73 Å². The van der Waals surface area contributed by atoms with Crippen LogP contribution in [0, 0.1) is 5.92 Å². The molecule has 0 radical (unpaired) electrons. The monoisotopic (exact) mass is 255 g/mol. The summed E-state index contributed by atoms with van der Waals surface area (Å²) in [5.41, 5.74) is 8.30. The lowest BCUT2D eigenvalue weighted by Gasteiger charge is -2.27. The molecule has 100 valence electrons. The van der Waals surface area contributed by atoms with Gasteiger partial charge in [0.25, 0.3) is 0 Å².